The molecule has 2 nitrogen and oxygen atoms in total. The van der Waals surface area contributed by atoms with E-state index in [4.69, 9.17) is 0 Å². The van der Waals surface area contributed by atoms with Gasteiger partial charge in [-0.2, -0.15) is 0 Å². The van der Waals surface area contributed by atoms with Crippen molar-refractivity contribution in [2.75, 3.05) is 14.1 Å². The number of benzene rings is 1. The van der Waals surface area contributed by atoms with Gasteiger partial charge in [0, 0.05) is 31.4 Å². The molecule has 1 aliphatic rings. The number of hydrogen-bond donors (Lipinski definition) is 0. The molecule has 1 aromatic rings. The summed E-state index contributed by atoms with van der Waals surface area (Å²) < 4.78 is 0. The van der Waals surface area contributed by atoms with Crippen LogP contribution in [0.25, 0.3) is 0 Å². The minimum Gasteiger partial charge on any atom is -0.383 e. The number of hydrogen-bond acceptors (Lipinski definition) is 2. The quantitative estimate of drug-likeness (QED) is 0.705. The fourth-order valence-electron chi connectivity index (χ4n) is 2.68. The van der Waals surface area contributed by atoms with Crippen molar-refractivity contribution in [3.8, 4) is 0 Å². The maximum Gasteiger partial charge on any atom is 0.190 e. The molecular weight excluding hydrogens is 222 g/mol. The Kier molecular flexibility index (Phi) is 3.05. The molecule has 18 heavy (non-hydrogen) atoms. The largest absolute Gasteiger partial charge is 0.383 e. The maximum absolute atomic E-state index is 12.5. The van der Waals surface area contributed by atoms with Crippen LogP contribution in [0, 0.1) is 6.92 Å². The third kappa shape index (κ3) is 2.20. The van der Waals surface area contributed by atoms with E-state index in [1.165, 1.54) is 5.56 Å². The highest BCUT2D eigenvalue weighted by atomic mass is 16.1. The molecule has 1 aromatic carbocycles. The number of carbonyl (C=O) groups is 1. The van der Waals surface area contributed by atoms with Gasteiger partial charge in [0.05, 0.1) is 0 Å². The monoisotopic (exact) mass is 243 g/mol. The Morgan fingerprint density at radius 2 is 1.94 bits per heavy atom. The van der Waals surface area contributed by atoms with E-state index >= 15 is 0 Å². The summed E-state index contributed by atoms with van der Waals surface area (Å²) in [6, 6.07) is 6.21. The first-order valence-electron chi connectivity index (χ1n) is 6.34. The predicted octanol–water partition coefficient (Wildman–Crippen LogP) is 3.30. The number of rotatable bonds is 1. The zero-order chi connectivity index (χ0) is 13.5. The van der Waals surface area contributed by atoms with Crippen LogP contribution in [0.2, 0.25) is 0 Å². The van der Waals surface area contributed by atoms with Gasteiger partial charge in [-0.3, -0.25) is 4.79 Å². The van der Waals surface area contributed by atoms with E-state index in [0.717, 1.165) is 23.1 Å². The summed E-state index contributed by atoms with van der Waals surface area (Å²) in [5, 5.41) is 0. The molecule has 2 heteroatoms. The van der Waals surface area contributed by atoms with Gasteiger partial charge in [0.15, 0.2) is 5.78 Å². The lowest BCUT2D eigenvalue weighted by Gasteiger charge is -2.33. The summed E-state index contributed by atoms with van der Waals surface area (Å²) in [6.45, 7) is 6.44. The van der Waals surface area contributed by atoms with E-state index in [1.54, 1.807) is 0 Å². The van der Waals surface area contributed by atoms with Crippen LogP contribution in [0.5, 0.6) is 0 Å². The van der Waals surface area contributed by atoms with E-state index in [1.807, 2.05) is 38.2 Å². The van der Waals surface area contributed by atoms with Crippen LogP contribution in [0.4, 0.5) is 0 Å². The maximum atomic E-state index is 12.5. The normalized spacial score (nSPS) is 19.8. The smallest absolute Gasteiger partial charge is 0.190 e. The summed E-state index contributed by atoms with van der Waals surface area (Å²) in [5.74, 6) is 0.182. The first-order chi connectivity index (χ1) is 8.31. The van der Waals surface area contributed by atoms with Gasteiger partial charge in [0.25, 0.3) is 0 Å². The minimum atomic E-state index is 0.0266. The van der Waals surface area contributed by atoms with Crippen LogP contribution in [-0.2, 0) is 5.41 Å². The fourth-order valence-corrected chi connectivity index (χ4v) is 2.68. The van der Waals surface area contributed by atoms with Gasteiger partial charge >= 0.3 is 0 Å². The third-order valence-corrected chi connectivity index (χ3v) is 3.49. The van der Waals surface area contributed by atoms with Gasteiger partial charge in [-0.05, 0) is 30.4 Å². The summed E-state index contributed by atoms with van der Waals surface area (Å²) in [6.07, 6.45) is 2.76. The molecular formula is C16H21NO. The molecule has 0 heterocycles. The molecule has 1 aliphatic carbocycles. The lowest BCUT2D eigenvalue weighted by atomic mass is 9.70. The van der Waals surface area contributed by atoms with Crippen molar-refractivity contribution in [3.05, 3.63) is 46.7 Å². The number of allylic oxidation sites excluding steroid dienone is 1. The topological polar surface area (TPSA) is 20.3 Å². The van der Waals surface area contributed by atoms with Crippen molar-refractivity contribution in [2.24, 2.45) is 0 Å². The number of ketones is 1. The zero-order valence-electron chi connectivity index (χ0n) is 11.9. The third-order valence-electron chi connectivity index (χ3n) is 3.49. The summed E-state index contributed by atoms with van der Waals surface area (Å²) in [4.78, 5) is 14.4. The van der Waals surface area contributed by atoms with Crippen LogP contribution in [0.3, 0.4) is 0 Å². The fraction of sp³-hybridized carbons (Fsp3) is 0.438. The summed E-state index contributed by atoms with van der Waals surface area (Å²) >= 11 is 0. The second-order valence-electron chi connectivity index (χ2n) is 6.06. The number of aryl methyl sites for hydroxylation is 1. The highest BCUT2D eigenvalue weighted by Gasteiger charge is 2.34. The molecule has 0 aliphatic heterocycles. The Balaban J connectivity index is 2.59. The highest BCUT2D eigenvalue weighted by Crippen LogP contribution is 2.39. The van der Waals surface area contributed by atoms with Crippen LogP contribution in [0.15, 0.2) is 30.0 Å². The van der Waals surface area contributed by atoms with Gasteiger partial charge in [0.2, 0.25) is 0 Å². The van der Waals surface area contributed by atoms with E-state index in [9.17, 15) is 4.79 Å². The molecule has 2 rings (SSSR count). The molecule has 0 fully saturated rings. The second-order valence-corrected chi connectivity index (χ2v) is 6.06. The molecule has 0 bridgehead atoms. The number of fused-ring (bicyclic) bond motifs is 1. The van der Waals surface area contributed by atoms with E-state index in [-0.39, 0.29) is 11.2 Å². The molecule has 0 aromatic heterocycles. The number of nitrogens with zero attached hydrogens (tertiary/aromatic N) is 1. The van der Waals surface area contributed by atoms with E-state index in [0.29, 0.717) is 0 Å². The first kappa shape index (κ1) is 12.9. The summed E-state index contributed by atoms with van der Waals surface area (Å²) in [5.41, 5.74) is 4.12. The summed E-state index contributed by atoms with van der Waals surface area (Å²) in [7, 11) is 3.91. The molecule has 96 valence electrons. The Morgan fingerprint density at radius 3 is 2.56 bits per heavy atom. The molecule has 0 saturated carbocycles. The molecule has 0 N–H and O–H groups in total. The predicted molar refractivity (Wildman–Crippen MR) is 74.9 cm³/mol. The van der Waals surface area contributed by atoms with Crippen LogP contribution < -0.4 is 0 Å². The minimum absolute atomic E-state index is 0.0266. The Labute approximate surface area is 109 Å². The van der Waals surface area contributed by atoms with Crippen LogP contribution in [-0.4, -0.2) is 24.8 Å². The number of carbonyl (C=O) groups excluding carboxylic acids is 1. The van der Waals surface area contributed by atoms with Crippen molar-refractivity contribution in [2.45, 2.75) is 32.6 Å². The van der Waals surface area contributed by atoms with Crippen LogP contribution >= 0.6 is 0 Å². The van der Waals surface area contributed by atoms with Crippen molar-refractivity contribution < 1.29 is 4.79 Å². The van der Waals surface area contributed by atoms with Crippen molar-refractivity contribution >= 4 is 5.78 Å². The van der Waals surface area contributed by atoms with Gasteiger partial charge in [0.1, 0.15) is 0 Å². The van der Waals surface area contributed by atoms with Gasteiger partial charge < -0.3 is 4.90 Å². The lowest BCUT2D eigenvalue weighted by Crippen LogP contribution is -2.30. The Hall–Kier alpha value is -1.57. The lowest BCUT2D eigenvalue weighted by molar-refractivity contribution is 0.101. The average Bonchev–Trinajstić information content (AvgIpc) is 2.24. The molecule has 0 amide bonds. The van der Waals surface area contributed by atoms with Gasteiger partial charge in [-0.25, -0.2) is 0 Å². The molecule has 0 unspecified atom stereocenters. The first-order valence-corrected chi connectivity index (χ1v) is 6.34. The average molecular weight is 243 g/mol. The van der Waals surface area contributed by atoms with Gasteiger partial charge in [-0.1, -0.05) is 31.5 Å². The Morgan fingerprint density at radius 1 is 1.28 bits per heavy atom. The van der Waals surface area contributed by atoms with Crippen molar-refractivity contribution in [3.63, 3.8) is 0 Å². The molecule has 0 spiro atoms. The van der Waals surface area contributed by atoms with Crippen molar-refractivity contribution in [1.29, 1.82) is 0 Å². The van der Waals surface area contributed by atoms with Crippen LogP contribution in [0.1, 0.15) is 41.8 Å². The molecule has 0 radical (unpaired) electrons. The second kappa shape index (κ2) is 4.27. The zero-order valence-corrected chi connectivity index (χ0v) is 11.9. The molecule has 0 atom stereocenters. The van der Waals surface area contributed by atoms with Gasteiger partial charge in [-0.15, -0.1) is 0 Å². The van der Waals surface area contributed by atoms with Crippen molar-refractivity contribution in [1.82, 2.24) is 4.90 Å². The standard InChI is InChI=1S/C16H21NO/c1-11-6-7-14-13(8-11)15(18)12(10-17(4)5)9-16(14,2)3/h6-8,10H,9H2,1-5H3. The molecule has 0 saturated heterocycles. The van der Waals surface area contributed by atoms with E-state index in [2.05, 4.69) is 26.0 Å². The number of Topliss-reactive ketones (excluding diaryl/α,β-unsaturated/α-hetero) is 1. The Bertz CT molecular complexity index is 524. The SMILES string of the molecule is Cc1ccc2c(c1)C(=O)C(=CN(C)C)CC2(C)C. The highest BCUT2D eigenvalue weighted by molar-refractivity contribution is 6.11. The van der Waals surface area contributed by atoms with E-state index < -0.39 is 0 Å².